The molecule has 1 aliphatic rings. The first kappa shape index (κ1) is 13.6. The van der Waals surface area contributed by atoms with Crippen molar-refractivity contribution in [1.29, 1.82) is 0 Å². The van der Waals surface area contributed by atoms with Crippen molar-refractivity contribution >= 4 is 17.5 Å². The van der Waals surface area contributed by atoms with Crippen molar-refractivity contribution in [2.75, 3.05) is 11.9 Å². The molecule has 0 spiro atoms. The van der Waals surface area contributed by atoms with E-state index in [2.05, 4.69) is 28.8 Å². The molecule has 1 aromatic heterocycles. The van der Waals surface area contributed by atoms with Gasteiger partial charge in [-0.25, -0.2) is 9.97 Å². The second-order valence-corrected chi connectivity index (χ2v) is 5.74. The van der Waals surface area contributed by atoms with E-state index in [4.69, 9.17) is 11.6 Å². The molecule has 0 amide bonds. The molecular weight excluding hydrogens is 246 g/mol. The fraction of sp³-hybridized carbons (Fsp3) is 0.714. The lowest BCUT2D eigenvalue weighted by atomic mass is 9.86. The van der Waals surface area contributed by atoms with Gasteiger partial charge in [0.05, 0.1) is 11.6 Å². The molecule has 0 bridgehead atoms. The van der Waals surface area contributed by atoms with Crippen molar-refractivity contribution in [2.24, 2.45) is 5.92 Å². The molecule has 100 valence electrons. The number of anilines is 1. The highest BCUT2D eigenvalue weighted by molar-refractivity contribution is 6.16. The number of hydrogen-bond acceptors (Lipinski definition) is 3. The van der Waals surface area contributed by atoms with Crippen LogP contribution in [0, 0.1) is 12.8 Å². The molecule has 1 aliphatic carbocycles. The Hall–Kier alpha value is -0.830. The minimum Gasteiger partial charge on any atom is -0.341 e. The Kier molecular flexibility index (Phi) is 4.44. The molecule has 1 aromatic rings. The lowest BCUT2D eigenvalue weighted by molar-refractivity contribution is 0.334. The Bertz CT molecular complexity index is 408. The van der Waals surface area contributed by atoms with Gasteiger partial charge in [0.2, 0.25) is 5.95 Å². The molecule has 1 heterocycles. The van der Waals surface area contributed by atoms with Crippen LogP contribution in [0.2, 0.25) is 0 Å². The molecule has 0 aliphatic heterocycles. The second kappa shape index (κ2) is 5.87. The molecule has 2 rings (SSSR count). The number of aryl methyl sites for hydroxylation is 1. The molecular formula is C14H22ClN3. The lowest BCUT2D eigenvalue weighted by Crippen LogP contribution is -2.36. The van der Waals surface area contributed by atoms with Gasteiger partial charge in [0, 0.05) is 18.8 Å². The molecule has 2 atom stereocenters. The normalized spacial score (nSPS) is 24.0. The highest BCUT2D eigenvalue weighted by atomic mass is 35.5. The molecule has 0 N–H and O–H groups in total. The summed E-state index contributed by atoms with van der Waals surface area (Å²) in [7, 11) is 2.11. The van der Waals surface area contributed by atoms with Gasteiger partial charge in [0.15, 0.2) is 0 Å². The van der Waals surface area contributed by atoms with Gasteiger partial charge in [-0.1, -0.05) is 19.8 Å². The molecule has 4 heteroatoms. The third kappa shape index (κ3) is 3.14. The van der Waals surface area contributed by atoms with E-state index in [-0.39, 0.29) is 0 Å². The number of nitrogens with zero attached hydrogens (tertiary/aromatic N) is 3. The zero-order valence-corrected chi connectivity index (χ0v) is 12.2. The van der Waals surface area contributed by atoms with Gasteiger partial charge < -0.3 is 4.90 Å². The van der Waals surface area contributed by atoms with Crippen molar-refractivity contribution in [3.63, 3.8) is 0 Å². The molecule has 18 heavy (non-hydrogen) atoms. The fourth-order valence-electron chi connectivity index (χ4n) is 2.76. The number of rotatable bonds is 3. The van der Waals surface area contributed by atoms with E-state index in [0.717, 1.165) is 23.3 Å². The Morgan fingerprint density at radius 3 is 2.83 bits per heavy atom. The largest absolute Gasteiger partial charge is 0.341 e. The number of hydrogen-bond donors (Lipinski definition) is 0. The van der Waals surface area contributed by atoms with E-state index in [9.17, 15) is 0 Å². The molecule has 1 fully saturated rings. The minimum absolute atomic E-state index is 0.450. The van der Waals surface area contributed by atoms with Gasteiger partial charge in [-0.05, 0) is 31.7 Å². The zero-order valence-electron chi connectivity index (χ0n) is 11.5. The topological polar surface area (TPSA) is 29.0 Å². The maximum Gasteiger partial charge on any atom is 0.225 e. The van der Waals surface area contributed by atoms with E-state index in [0.29, 0.717) is 11.9 Å². The summed E-state index contributed by atoms with van der Waals surface area (Å²) < 4.78 is 0. The van der Waals surface area contributed by atoms with Crippen molar-refractivity contribution in [3.05, 3.63) is 17.5 Å². The molecule has 1 saturated carbocycles. The first-order valence-electron chi connectivity index (χ1n) is 6.73. The summed E-state index contributed by atoms with van der Waals surface area (Å²) in [6.07, 6.45) is 5.15. The third-order valence-corrected chi connectivity index (χ3v) is 4.08. The molecule has 0 radical (unpaired) electrons. The van der Waals surface area contributed by atoms with Crippen LogP contribution in [0.15, 0.2) is 6.07 Å². The summed E-state index contributed by atoms with van der Waals surface area (Å²) in [6, 6.07) is 2.52. The van der Waals surface area contributed by atoms with Crippen molar-refractivity contribution in [3.8, 4) is 0 Å². The van der Waals surface area contributed by atoms with E-state index < -0.39 is 0 Å². The monoisotopic (exact) mass is 267 g/mol. The standard InChI is InChI=1S/C14H22ClN3/c1-10-5-4-6-13(7-10)18(3)14-16-11(2)8-12(9-15)17-14/h8,10,13H,4-7,9H2,1-3H3. The van der Waals surface area contributed by atoms with E-state index in [1.54, 1.807) is 0 Å². The highest BCUT2D eigenvalue weighted by Gasteiger charge is 2.24. The quantitative estimate of drug-likeness (QED) is 0.785. The summed E-state index contributed by atoms with van der Waals surface area (Å²) >= 11 is 5.88. The van der Waals surface area contributed by atoms with Gasteiger partial charge >= 0.3 is 0 Å². The summed E-state index contributed by atoms with van der Waals surface area (Å²) in [6.45, 7) is 4.33. The van der Waals surface area contributed by atoms with Crippen LogP contribution in [0.1, 0.15) is 44.0 Å². The first-order valence-corrected chi connectivity index (χ1v) is 7.27. The summed E-state index contributed by atoms with van der Waals surface area (Å²) in [5, 5.41) is 0. The Labute approximate surface area is 115 Å². The fourth-order valence-corrected chi connectivity index (χ4v) is 2.90. The van der Waals surface area contributed by atoms with Crippen LogP contribution < -0.4 is 4.90 Å². The van der Waals surface area contributed by atoms with Gasteiger partial charge in [-0.3, -0.25) is 0 Å². The maximum absolute atomic E-state index is 5.88. The van der Waals surface area contributed by atoms with Gasteiger partial charge in [-0.15, -0.1) is 11.6 Å². The van der Waals surface area contributed by atoms with E-state index >= 15 is 0 Å². The summed E-state index contributed by atoms with van der Waals surface area (Å²) in [5.41, 5.74) is 1.90. The number of halogens is 1. The van der Waals surface area contributed by atoms with Gasteiger partial charge in [0.1, 0.15) is 0 Å². The van der Waals surface area contributed by atoms with Crippen LogP contribution in [0.5, 0.6) is 0 Å². The average molecular weight is 268 g/mol. The lowest BCUT2D eigenvalue weighted by Gasteiger charge is -2.34. The average Bonchev–Trinajstić information content (AvgIpc) is 2.37. The third-order valence-electron chi connectivity index (χ3n) is 3.80. The van der Waals surface area contributed by atoms with Crippen molar-refractivity contribution in [1.82, 2.24) is 9.97 Å². The number of alkyl halides is 1. The van der Waals surface area contributed by atoms with Crippen LogP contribution in [0.3, 0.4) is 0 Å². The van der Waals surface area contributed by atoms with Crippen LogP contribution >= 0.6 is 11.6 Å². The molecule has 0 aromatic carbocycles. The minimum atomic E-state index is 0.450. The smallest absolute Gasteiger partial charge is 0.225 e. The Morgan fingerprint density at radius 1 is 1.39 bits per heavy atom. The van der Waals surface area contributed by atoms with Crippen LogP contribution in [0.4, 0.5) is 5.95 Å². The Balaban J connectivity index is 2.16. The van der Waals surface area contributed by atoms with E-state index in [1.165, 1.54) is 25.7 Å². The summed E-state index contributed by atoms with van der Waals surface area (Å²) in [4.78, 5) is 11.3. The van der Waals surface area contributed by atoms with Gasteiger partial charge in [0.25, 0.3) is 0 Å². The maximum atomic E-state index is 5.88. The SMILES string of the molecule is Cc1cc(CCl)nc(N(C)C2CCCC(C)C2)n1. The first-order chi connectivity index (χ1) is 8.60. The molecule has 0 saturated heterocycles. The molecule has 2 unspecified atom stereocenters. The predicted octanol–water partition coefficient (Wildman–Crippen LogP) is 3.54. The van der Waals surface area contributed by atoms with Crippen LogP contribution in [-0.2, 0) is 5.88 Å². The number of aromatic nitrogens is 2. The van der Waals surface area contributed by atoms with Crippen LogP contribution in [0.25, 0.3) is 0 Å². The van der Waals surface area contributed by atoms with Crippen molar-refractivity contribution in [2.45, 2.75) is 51.5 Å². The van der Waals surface area contributed by atoms with Crippen LogP contribution in [-0.4, -0.2) is 23.1 Å². The van der Waals surface area contributed by atoms with E-state index in [1.807, 2.05) is 13.0 Å². The summed E-state index contributed by atoms with van der Waals surface area (Å²) in [5.74, 6) is 2.08. The zero-order chi connectivity index (χ0) is 13.1. The van der Waals surface area contributed by atoms with Gasteiger partial charge in [-0.2, -0.15) is 0 Å². The predicted molar refractivity (Wildman–Crippen MR) is 76.1 cm³/mol. The highest BCUT2D eigenvalue weighted by Crippen LogP contribution is 2.28. The molecule has 3 nitrogen and oxygen atoms in total. The second-order valence-electron chi connectivity index (χ2n) is 5.47. The van der Waals surface area contributed by atoms with Crippen molar-refractivity contribution < 1.29 is 0 Å². The Morgan fingerprint density at radius 2 is 2.17 bits per heavy atom.